The minimum Gasteiger partial charge on any atom is -0.320 e. The van der Waals surface area contributed by atoms with Crippen LogP contribution in [0.15, 0.2) is 22.8 Å². The molecule has 2 N–H and O–H groups in total. The summed E-state index contributed by atoms with van der Waals surface area (Å²) in [4.78, 5) is 0. The van der Waals surface area contributed by atoms with Gasteiger partial charge in [0, 0.05) is 5.41 Å². The minimum atomic E-state index is 0.236. The Kier molecular flexibility index (Phi) is 7.34. The molecule has 2 nitrogen and oxygen atoms in total. The van der Waals surface area contributed by atoms with Crippen molar-refractivity contribution in [2.45, 2.75) is 54.4 Å². The maximum atomic E-state index is 3.37. The molecule has 0 amide bonds. The highest BCUT2D eigenvalue weighted by atomic mass is 14.8. The van der Waals surface area contributed by atoms with Crippen molar-refractivity contribution >= 4 is 0 Å². The van der Waals surface area contributed by atoms with Crippen LogP contribution in [0.3, 0.4) is 0 Å². The molecule has 1 aliphatic carbocycles. The summed E-state index contributed by atoms with van der Waals surface area (Å²) in [6, 6.07) is 0. The predicted molar refractivity (Wildman–Crippen MR) is 99.1 cm³/mol. The van der Waals surface area contributed by atoms with Crippen LogP contribution < -0.4 is 10.6 Å². The van der Waals surface area contributed by atoms with E-state index in [0.717, 1.165) is 13.1 Å². The van der Waals surface area contributed by atoms with Crippen molar-refractivity contribution in [2.24, 2.45) is 23.2 Å². The summed E-state index contributed by atoms with van der Waals surface area (Å²) in [6.07, 6.45) is 5.04. The van der Waals surface area contributed by atoms with Crippen LogP contribution in [0.5, 0.6) is 0 Å². The first-order valence-corrected chi connectivity index (χ1v) is 9.07. The van der Waals surface area contributed by atoms with E-state index in [0.29, 0.717) is 17.8 Å². The lowest BCUT2D eigenvalue weighted by atomic mass is 9.71. The maximum Gasteiger partial charge on any atom is 0.0129 e. The van der Waals surface area contributed by atoms with E-state index in [1.807, 2.05) is 0 Å². The third-order valence-electron chi connectivity index (χ3n) is 4.99. The third kappa shape index (κ3) is 4.02. The van der Waals surface area contributed by atoms with Crippen LogP contribution in [0.25, 0.3) is 0 Å². The number of hydrogen-bond donors (Lipinski definition) is 2. The molecule has 128 valence electrons. The standard InChI is InChI=1S/C20H38N2/c1-14(2)17-13-20(9-11-21-7,10-12-22-8)19(16(5)6)18(17)15(3)4/h13-16,21-22H,9-12H2,1-8H3. The minimum absolute atomic E-state index is 0.236. The van der Waals surface area contributed by atoms with Crippen LogP contribution >= 0.6 is 0 Å². The Bertz CT molecular complexity index is 405. The Hall–Kier alpha value is -0.600. The number of allylic oxidation sites excluding steroid dienone is 4. The fourth-order valence-electron chi connectivity index (χ4n) is 4.12. The molecule has 1 rings (SSSR count). The Morgan fingerprint density at radius 2 is 1.32 bits per heavy atom. The molecule has 0 aromatic carbocycles. The van der Waals surface area contributed by atoms with Gasteiger partial charge in [-0.3, -0.25) is 0 Å². The Labute approximate surface area is 138 Å². The van der Waals surface area contributed by atoms with Gasteiger partial charge in [-0.25, -0.2) is 0 Å². The SMILES string of the molecule is CNCCC1(CCNC)C=C(C(C)C)C(C(C)C)=C1C(C)C. The van der Waals surface area contributed by atoms with Crippen LogP contribution in [0, 0.1) is 23.2 Å². The zero-order valence-electron chi connectivity index (χ0n) is 16.1. The molecule has 0 spiro atoms. The van der Waals surface area contributed by atoms with Gasteiger partial charge in [-0.2, -0.15) is 0 Å². The normalized spacial score (nSPS) is 18.0. The van der Waals surface area contributed by atoms with Gasteiger partial charge in [-0.05, 0) is 68.9 Å². The summed E-state index contributed by atoms with van der Waals surface area (Å²) in [5.41, 5.74) is 5.19. The van der Waals surface area contributed by atoms with E-state index < -0.39 is 0 Å². The molecule has 0 unspecified atom stereocenters. The number of rotatable bonds is 9. The third-order valence-corrected chi connectivity index (χ3v) is 4.99. The van der Waals surface area contributed by atoms with E-state index in [4.69, 9.17) is 0 Å². The Balaban J connectivity index is 3.42. The van der Waals surface area contributed by atoms with E-state index in [1.165, 1.54) is 12.8 Å². The summed E-state index contributed by atoms with van der Waals surface area (Å²) in [6.45, 7) is 16.3. The maximum absolute atomic E-state index is 3.37. The van der Waals surface area contributed by atoms with Gasteiger partial charge in [0.25, 0.3) is 0 Å². The van der Waals surface area contributed by atoms with Crippen molar-refractivity contribution in [3.05, 3.63) is 22.8 Å². The molecule has 0 aliphatic heterocycles. The first-order valence-electron chi connectivity index (χ1n) is 9.07. The molecule has 0 saturated carbocycles. The molecule has 1 aliphatic rings. The van der Waals surface area contributed by atoms with E-state index in [-0.39, 0.29) is 5.41 Å². The number of nitrogens with one attached hydrogen (secondary N) is 2. The predicted octanol–water partition coefficient (Wildman–Crippen LogP) is 4.40. The molecule has 0 bridgehead atoms. The second-order valence-corrected chi connectivity index (χ2v) is 7.75. The first kappa shape index (κ1) is 19.4. The molecular formula is C20H38N2. The van der Waals surface area contributed by atoms with Gasteiger partial charge in [-0.1, -0.05) is 53.2 Å². The molecule has 0 heterocycles. The molecule has 0 radical (unpaired) electrons. The molecule has 0 atom stereocenters. The van der Waals surface area contributed by atoms with E-state index >= 15 is 0 Å². The highest BCUT2D eigenvalue weighted by molar-refractivity contribution is 5.51. The van der Waals surface area contributed by atoms with E-state index in [1.54, 1.807) is 16.7 Å². The average molecular weight is 307 g/mol. The average Bonchev–Trinajstić information content (AvgIpc) is 2.79. The topological polar surface area (TPSA) is 24.1 Å². The summed E-state index contributed by atoms with van der Waals surface area (Å²) in [5, 5.41) is 6.74. The summed E-state index contributed by atoms with van der Waals surface area (Å²) >= 11 is 0. The van der Waals surface area contributed by atoms with Crippen molar-refractivity contribution < 1.29 is 0 Å². The van der Waals surface area contributed by atoms with Gasteiger partial charge in [0.2, 0.25) is 0 Å². The zero-order valence-corrected chi connectivity index (χ0v) is 16.1. The van der Waals surface area contributed by atoms with Crippen LogP contribution in [0.4, 0.5) is 0 Å². The van der Waals surface area contributed by atoms with Crippen molar-refractivity contribution in [2.75, 3.05) is 27.2 Å². The molecule has 0 aromatic heterocycles. The van der Waals surface area contributed by atoms with Crippen molar-refractivity contribution in [1.82, 2.24) is 10.6 Å². The van der Waals surface area contributed by atoms with Crippen molar-refractivity contribution in [1.29, 1.82) is 0 Å². The monoisotopic (exact) mass is 306 g/mol. The summed E-state index contributed by atoms with van der Waals surface area (Å²) in [5.74, 6) is 1.83. The molecule has 22 heavy (non-hydrogen) atoms. The fourth-order valence-corrected chi connectivity index (χ4v) is 4.12. The van der Waals surface area contributed by atoms with Gasteiger partial charge < -0.3 is 10.6 Å². The van der Waals surface area contributed by atoms with Crippen LogP contribution in [-0.2, 0) is 0 Å². The fraction of sp³-hybridized carbons (Fsp3) is 0.800. The molecule has 0 saturated heterocycles. The molecule has 2 heteroatoms. The second kappa shape index (κ2) is 8.31. The first-order chi connectivity index (χ1) is 10.3. The smallest absolute Gasteiger partial charge is 0.0129 e. The van der Waals surface area contributed by atoms with Gasteiger partial charge in [0.15, 0.2) is 0 Å². The Morgan fingerprint density at radius 3 is 1.64 bits per heavy atom. The Morgan fingerprint density at radius 1 is 0.818 bits per heavy atom. The van der Waals surface area contributed by atoms with E-state index in [2.05, 4.69) is 72.3 Å². The van der Waals surface area contributed by atoms with Gasteiger partial charge >= 0.3 is 0 Å². The lowest BCUT2D eigenvalue weighted by Gasteiger charge is -2.35. The van der Waals surface area contributed by atoms with Crippen molar-refractivity contribution in [3.63, 3.8) is 0 Å². The van der Waals surface area contributed by atoms with Crippen LogP contribution in [-0.4, -0.2) is 27.2 Å². The largest absolute Gasteiger partial charge is 0.320 e. The van der Waals surface area contributed by atoms with Gasteiger partial charge in [0.05, 0.1) is 0 Å². The van der Waals surface area contributed by atoms with Crippen molar-refractivity contribution in [3.8, 4) is 0 Å². The van der Waals surface area contributed by atoms with Gasteiger partial charge in [0.1, 0.15) is 0 Å². The summed E-state index contributed by atoms with van der Waals surface area (Å²) < 4.78 is 0. The van der Waals surface area contributed by atoms with Crippen LogP contribution in [0.1, 0.15) is 54.4 Å². The highest BCUT2D eigenvalue weighted by Gasteiger charge is 2.41. The zero-order chi connectivity index (χ0) is 16.9. The highest BCUT2D eigenvalue weighted by Crippen LogP contribution is 2.52. The van der Waals surface area contributed by atoms with E-state index in [9.17, 15) is 0 Å². The summed E-state index contributed by atoms with van der Waals surface area (Å²) in [7, 11) is 4.13. The lowest BCUT2D eigenvalue weighted by Crippen LogP contribution is -2.30. The van der Waals surface area contributed by atoms with Crippen LogP contribution in [0.2, 0.25) is 0 Å². The van der Waals surface area contributed by atoms with Gasteiger partial charge in [-0.15, -0.1) is 0 Å². The molecule has 0 aromatic rings. The molecule has 0 fully saturated rings. The molecular weight excluding hydrogens is 268 g/mol. The second-order valence-electron chi connectivity index (χ2n) is 7.75. The lowest BCUT2D eigenvalue weighted by molar-refractivity contribution is 0.352. The number of hydrogen-bond acceptors (Lipinski definition) is 2. The quantitative estimate of drug-likeness (QED) is 0.660.